The van der Waals surface area contributed by atoms with Gasteiger partial charge < -0.3 is 4.74 Å². The summed E-state index contributed by atoms with van der Waals surface area (Å²) in [5, 5.41) is 1.10. The standard InChI is InChI=1S/C13H26BrNO/c1-11(2)5-8-16-9-7-15-6-4-12(3)13(15)10-14/h11-13H,4-10H2,1-3H3. The average molecular weight is 292 g/mol. The van der Waals surface area contributed by atoms with Crippen molar-refractivity contribution in [1.29, 1.82) is 0 Å². The molecule has 96 valence electrons. The van der Waals surface area contributed by atoms with Crippen molar-refractivity contribution >= 4 is 15.9 Å². The summed E-state index contributed by atoms with van der Waals surface area (Å²) in [4.78, 5) is 2.56. The van der Waals surface area contributed by atoms with Gasteiger partial charge in [0.2, 0.25) is 0 Å². The Morgan fingerprint density at radius 2 is 2.12 bits per heavy atom. The SMILES string of the molecule is CC(C)CCOCCN1CCC(C)C1CBr. The zero-order valence-electron chi connectivity index (χ0n) is 10.9. The van der Waals surface area contributed by atoms with Gasteiger partial charge in [0, 0.05) is 24.5 Å². The summed E-state index contributed by atoms with van der Waals surface area (Å²) in [6.07, 6.45) is 2.51. The zero-order valence-corrected chi connectivity index (χ0v) is 12.5. The molecular formula is C13H26BrNO. The van der Waals surface area contributed by atoms with Gasteiger partial charge in [0.25, 0.3) is 0 Å². The number of hydrogen-bond acceptors (Lipinski definition) is 2. The Bertz CT molecular complexity index is 187. The van der Waals surface area contributed by atoms with Crippen molar-refractivity contribution in [2.45, 2.75) is 39.7 Å². The molecule has 1 aliphatic rings. The maximum Gasteiger partial charge on any atom is 0.0593 e. The highest BCUT2D eigenvalue weighted by Gasteiger charge is 2.29. The molecule has 0 saturated carbocycles. The number of hydrogen-bond donors (Lipinski definition) is 0. The lowest BCUT2D eigenvalue weighted by Gasteiger charge is -2.24. The lowest BCUT2D eigenvalue weighted by atomic mass is 10.1. The van der Waals surface area contributed by atoms with Gasteiger partial charge >= 0.3 is 0 Å². The lowest BCUT2D eigenvalue weighted by Crippen LogP contribution is -2.36. The fraction of sp³-hybridized carbons (Fsp3) is 1.00. The summed E-state index contributed by atoms with van der Waals surface area (Å²) in [6.45, 7) is 11.0. The first-order valence-electron chi connectivity index (χ1n) is 6.53. The predicted octanol–water partition coefficient (Wildman–Crippen LogP) is 3.15. The molecule has 0 bridgehead atoms. The van der Waals surface area contributed by atoms with Crippen LogP contribution in [0, 0.1) is 11.8 Å². The van der Waals surface area contributed by atoms with E-state index in [4.69, 9.17) is 4.74 Å². The van der Waals surface area contributed by atoms with Gasteiger partial charge in [-0.2, -0.15) is 0 Å². The van der Waals surface area contributed by atoms with Crippen LogP contribution in [-0.4, -0.2) is 42.6 Å². The zero-order chi connectivity index (χ0) is 12.0. The second-order valence-corrected chi connectivity index (χ2v) is 5.97. The summed E-state index contributed by atoms with van der Waals surface area (Å²) >= 11 is 3.62. The molecule has 1 saturated heterocycles. The van der Waals surface area contributed by atoms with E-state index in [0.717, 1.165) is 36.9 Å². The van der Waals surface area contributed by atoms with Crippen LogP contribution in [0.4, 0.5) is 0 Å². The Balaban J connectivity index is 2.08. The summed E-state index contributed by atoms with van der Waals surface area (Å²) in [5.41, 5.74) is 0. The third-order valence-electron chi connectivity index (χ3n) is 3.52. The fourth-order valence-corrected chi connectivity index (χ4v) is 3.27. The molecule has 0 aromatic heterocycles. The second kappa shape index (κ2) is 7.67. The molecule has 0 spiro atoms. The molecule has 0 aliphatic carbocycles. The molecule has 1 rings (SSSR count). The maximum absolute atomic E-state index is 5.68. The van der Waals surface area contributed by atoms with Crippen LogP contribution in [0.15, 0.2) is 0 Å². The number of likely N-dealkylation sites (tertiary alicyclic amines) is 1. The Kier molecular flexibility index (Phi) is 6.94. The molecule has 1 heterocycles. The van der Waals surface area contributed by atoms with Gasteiger partial charge in [-0.3, -0.25) is 4.90 Å². The van der Waals surface area contributed by atoms with Gasteiger partial charge in [0.1, 0.15) is 0 Å². The van der Waals surface area contributed by atoms with Crippen molar-refractivity contribution in [2.75, 3.05) is 31.6 Å². The minimum Gasteiger partial charge on any atom is -0.380 e. The quantitative estimate of drug-likeness (QED) is 0.528. The molecule has 0 aromatic carbocycles. The normalized spacial score (nSPS) is 26.8. The molecule has 2 unspecified atom stereocenters. The molecule has 2 nitrogen and oxygen atoms in total. The van der Waals surface area contributed by atoms with Crippen LogP contribution in [-0.2, 0) is 4.74 Å². The van der Waals surface area contributed by atoms with E-state index in [1.807, 2.05) is 0 Å². The molecule has 16 heavy (non-hydrogen) atoms. The van der Waals surface area contributed by atoms with Crippen LogP contribution >= 0.6 is 15.9 Å². The van der Waals surface area contributed by atoms with E-state index in [1.54, 1.807) is 0 Å². The number of ether oxygens (including phenoxy) is 1. The van der Waals surface area contributed by atoms with Crippen molar-refractivity contribution in [1.82, 2.24) is 4.90 Å². The topological polar surface area (TPSA) is 12.5 Å². The van der Waals surface area contributed by atoms with Gasteiger partial charge in [-0.25, -0.2) is 0 Å². The van der Waals surface area contributed by atoms with Crippen LogP contribution in [0.5, 0.6) is 0 Å². The van der Waals surface area contributed by atoms with E-state index in [2.05, 4.69) is 41.6 Å². The van der Waals surface area contributed by atoms with Gasteiger partial charge in [0.15, 0.2) is 0 Å². The van der Waals surface area contributed by atoms with E-state index in [0.29, 0.717) is 6.04 Å². The first-order valence-corrected chi connectivity index (χ1v) is 7.65. The van der Waals surface area contributed by atoms with Crippen molar-refractivity contribution in [2.24, 2.45) is 11.8 Å². The smallest absolute Gasteiger partial charge is 0.0593 e. The highest BCUT2D eigenvalue weighted by atomic mass is 79.9. The molecule has 0 aromatic rings. The van der Waals surface area contributed by atoms with Crippen LogP contribution in [0.2, 0.25) is 0 Å². The summed E-state index contributed by atoms with van der Waals surface area (Å²) in [6, 6.07) is 0.716. The van der Waals surface area contributed by atoms with Crippen molar-refractivity contribution in [3.05, 3.63) is 0 Å². The van der Waals surface area contributed by atoms with Gasteiger partial charge in [-0.1, -0.05) is 36.7 Å². The van der Waals surface area contributed by atoms with E-state index >= 15 is 0 Å². The van der Waals surface area contributed by atoms with Crippen LogP contribution in [0.25, 0.3) is 0 Å². The summed E-state index contributed by atoms with van der Waals surface area (Å²) in [7, 11) is 0. The fourth-order valence-electron chi connectivity index (χ4n) is 2.22. The minimum atomic E-state index is 0.716. The van der Waals surface area contributed by atoms with E-state index in [1.165, 1.54) is 19.4 Å². The van der Waals surface area contributed by atoms with Crippen LogP contribution in [0.3, 0.4) is 0 Å². The van der Waals surface area contributed by atoms with E-state index in [9.17, 15) is 0 Å². The monoisotopic (exact) mass is 291 g/mol. The molecule has 2 atom stereocenters. The van der Waals surface area contributed by atoms with Gasteiger partial charge in [-0.05, 0) is 31.2 Å². The highest BCUT2D eigenvalue weighted by Crippen LogP contribution is 2.24. The van der Waals surface area contributed by atoms with E-state index < -0.39 is 0 Å². The Morgan fingerprint density at radius 3 is 2.75 bits per heavy atom. The molecule has 0 radical (unpaired) electrons. The highest BCUT2D eigenvalue weighted by molar-refractivity contribution is 9.09. The molecule has 3 heteroatoms. The third-order valence-corrected chi connectivity index (χ3v) is 4.18. The van der Waals surface area contributed by atoms with Gasteiger partial charge in [-0.15, -0.1) is 0 Å². The number of nitrogens with zero attached hydrogens (tertiary/aromatic N) is 1. The minimum absolute atomic E-state index is 0.716. The summed E-state index contributed by atoms with van der Waals surface area (Å²) < 4.78 is 5.68. The summed E-state index contributed by atoms with van der Waals surface area (Å²) in [5.74, 6) is 1.58. The van der Waals surface area contributed by atoms with Crippen LogP contribution in [0.1, 0.15) is 33.6 Å². The van der Waals surface area contributed by atoms with E-state index in [-0.39, 0.29) is 0 Å². The molecular weight excluding hydrogens is 266 g/mol. The maximum atomic E-state index is 5.68. The third kappa shape index (κ3) is 4.72. The van der Waals surface area contributed by atoms with Crippen molar-refractivity contribution in [3.63, 3.8) is 0 Å². The Hall–Kier alpha value is 0.400. The Labute approximate surface area is 109 Å². The predicted molar refractivity (Wildman–Crippen MR) is 73.2 cm³/mol. The van der Waals surface area contributed by atoms with Crippen LogP contribution < -0.4 is 0 Å². The lowest BCUT2D eigenvalue weighted by molar-refractivity contribution is 0.0927. The van der Waals surface area contributed by atoms with Crippen molar-refractivity contribution < 1.29 is 4.74 Å². The van der Waals surface area contributed by atoms with Gasteiger partial charge in [0.05, 0.1) is 6.61 Å². The second-order valence-electron chi connectivity index (χ2n) is 5.32. The number of rotatable bonds is 7. The number of halogens is 1. The number of alkyl halides is 1. The molecule has 1 aliphatic heterocycles. The Morgan fingerprint density at radius 1 is 1.38 bits per heavy atom. The molecule has 0 amide bonds. The molecule has 1 fully saturated rings. The molecule has 0 N–H and O–H groups in total. The first kappa shape index (κ1) is 14.5. The largest absolute Gasteiger partial charge is 0.380 e. The first-order chi connectivity index (χ1) is 7.65. The average Bonchev–Trinajstić information content (AvgIpc) is 2.58. The van der Waals surface area contributed by atoms with Crippen molar-refractivity contribution in [3.8, 4) is 0 Å².